The Hall–Kier alpha value is -1.45. The molecule has 2 aliphatic rings. The molecular weight excluding hydrogens is 214 g/mol. The second kappa shape index (κ2) is 4.09. The first-order valence-electron chi connectivity index (χ1n) is 6.38. The normalized spacial score (nSPS) is 20.8. The van der Waals surface area contributed by atoms with Crippen LogP contribution in [-0.4, -0.2) is 28.8 Å². The second-order valence-electron chi connectivity index (χ2n) is 5.12. The van der Waals surface area contributed by atoms with Gasteiger partial charge >= 0.3 is 0 Å². The van der Waals surface area contributed by atoms with Crippen LogP contribution in [0.1, 0.15) is 42.2 Å². The summed E-state index contributed by atoms with van der Waals surface area (Å²) in [4.78, 5) is 22.6. The van der Waals surface area contributed by atoms with E-state index in [9.17, 15) is 4.79 Å². The number of hydrogen-bond acceptors (Lipinski definition) is 4. The summed E-state index contributed by atoms with van der Waals surface area (Å²) in [5.41, 5.74) is 1.68. The second-order valence-corrected chi connectivity index (χ2v) is 5.12. The summed E-state index contributed by atoms with van der Waals surface area (Å²) < 4.78 is 0. The Morgan fingerprint density at radius 3 is 2.82 bits per heavy atom. The number of Topliss-reactive ketones (excluding diaryl/α,β-unsaturated/α-hetero) is 1. The highest BCUT2D eigenvalue weighted by Gasteiger charge is 2.24. The molecule has 4 heteroatoms. The Bertz CT molecular complexity index is 450. The van der Waals surface area contributed by atoms with Gasteiger partial charge in [0.25, 0.3) is 0 Å². The maximum atomic E-state index is 11.5. The molecule has 0 aromatic carbocycles. The molecule has 2 heterocycles. The molecule has 1 aromatic rings. The number of nitrogens with zero attached hydrogens (tertiary/aromatic N) is 3. The summed E-state index contributed by atoms with van der Waals surface area (Å²) in [6.45, 7) is 4.36. The van der Waals surface area contributed by atoms with Crippen LogP contribution < -0.4 is 4.90 Å². The molecule has 0 unspecified atom stereocenters. The summed E-state index contributed by atoms with van der Waals surface area (Å²) in [7, 11) is 0. The Balaban J connectivity index is 1.83. The van der Waals surface area contributed by atoms with Gasteiger partial charge in [-0.25, -0.2) is 9.97 Å². The van der Waals surface area contributed by atoms with Crippen LogP contribution in [0.3, 0.4) is 0 Å². The summed E-state index contributed by atoms with van der Waals surface area (Å²) in [6.07, 6.45) is 5.52. The van der Waals surface area contributed by atoms with E-state index in [1.165, 1.54) is 12.8 Å². The van der Waals surface area contributed by atoms with Crippen LogP contribution in [0, 0.1) is 5.92 Å². The van der Waals surface area contributed by atoms with Crippen LogP contribution in [0.25, 0.3) is 0 Å². The van der Waals surface area contributed by atoms with Crippen molar-refractivity contribution in [2.45, 2.75) is 32.6 Å². The van der Waals surface area contributed by atoms with Crippen molar-refractivity contribution >= 4 is 11.7 Å². The van der Waals surface area contributed by atoms with Crippen molar-refractivity contribution in [2.24, 2.45) is 5.92 Å². The molecule has 0 atom stereocenters. The van der Waals surface area contributed by atoms with Crippen LogP contribution in [0.5, 0.6) is 0 Å². The fourth-order valence-corrected chi connectivity index (χ4v) is 2.56. The number of aromatic nitrogens is 2. The number of ketones is 1. The summed E-state index contributed by atoms with van der Waals surface area (Å²) >= 11 is 0. The van der Waals surface area contributed by atoms with Gasteiger partial charge in [0.15, 0.2) is 5.78 Å². The molecular formula is C13H17N3O. The van der Waals surface area contributed by atoms with Gasteiger partial charge in [0.1, 0.15) is 0 Å². The first-order chi connectivity index (χ1) is 8.24. The smallest absolute Gasteiger partial charge is 0.225 e. The molecule has 1 aromatic heterocycles. The Morgan fingerprint density at radius 1 is 1.29 bits per heavy atom. The van der Waals surface area contributed by atoms with E-state index in [1.807, 2.05) is 0 Å². The minimum absolute atomic E-state index is 0.193. The van der Waals surface area contributed by atoms with Crippen molar-refractivity contribution in [3.63, 3.8) is 0 Å². The SMILES string of the molecule is CC1CCN(c2ncc3c(n2)CCC3=O)CC1. The van der Waals surface area contributed by atoms with Gasteiger partial charge < -0.3 is 4.90 Å². The lowest BCUT2D eigenvalue weighted by molar-refractivity contribution is 0.0994. The number of carbonyl (C=O) groups is 1. The third-order valence-electron chi connectivity index (χ3n) is 3.81. The lowest BCUT2D eigenvalue weighted by Gasteiger charge is -2.30. The maximum Gasteiger partial charge on any atom is 0.225 e. The van der Waals surface area contributed by atoms with Gasteiger partial charge in [0.2, 0.25) is 5.95 Å². The zero-order valence-electron chi connectivity index (χ0n) is 10.1. The van der Waals surface area contributed by atoms with Crippen LogP contribution in [0.15, 0.2) is 6.20 Å². The minimum atomic E-state index is 0.193. The Morgan fingerprint density at radius 2 is 2.06 bits per heavy atom. The molecule has 17 heavy (non-hydrogen) atoms. The van der Waals surface area contributed by atoms with E-state index in [0.29, 0.717) is 6.42 Å². The van der Waals surface area contributed by atoms with E-state index < -0.39 is 0 Å². The molecule has 90 valence electrons. The molecule has 1 aliphatic carbocycles. The number of aryl methyl sites for hydroxylation is 1. The quantitative estimate of drug-likeness (QED) is 0.740. The van der Waals surface area contributed by atoms with E-state index in [1.54, 1.807) is 6.20 Å². The largest absolute Gasteiger partial charge is 0.341 e. The third-order valence-corrected chi connectivity index (χ3v) is 3.81. The standard InChI is InChI=1S/C13H17N3O/c1-9-4-6-16(7-5-9)13-14-8-10-11(15-13)2-3-12(10)17/h8-9H,2-7H2,1H3. The highest BCUT2D eigenvalue weighted by Crippen LogP contribution is 2.24. The van der Waals surface area contributed by atoms with Crippen molar-refractivity contribution in [2.75, 3.05) is 18.0 Å². The van der Waals surface area contributed by atoms with E-state index in [-0.39, 0.29) is 5.78 Å². The van der Waals surface area contributed by atoms with Crippen molar-refractivity contribution < 1.29 is 4.79 Å². The number of hydrogen-bond donors (Lipinski definition) is 0. The first-order valence-corrected chi connectivity index (χ1v) is 6.38. The van der Waals surface area contributed by atoms with E-state index in [2.05, 4.69) is 21.8 Å². The van der Waals surface area contributed by atoms with E-state index >= 15 is 0 Å². The predicted octanol–water partition coefficient (Wildman–Crippen LogP) is 1.84. The lowest BCUT2D eigenvalue weighted by Crippen LogP contribution is -2.34. The average Bonchev–Trinajstić information content (AvgIpc) is 2.72. The molecule has 0 bridgehead atoms. The van der Waals surface area contributed by atoms with Gasteiger partial charge in [0, 0.05) is 25.7 Å². The van der Waals surface area contributed by atoms with E-state index in [4.69, 9.17) is 0 Å². The predicted molar refractivity (Wildman–Crippen MR) is 65.3 cm³/mol. The monoisotopic (exact) mass is 231 g/mol. The maximum absolute atomic E-state index is 11.5. The van der Waals surface area contributed by atoms with Gasteiger partial charge in [-0.05, 0) is 25.2 Å². The van der Waals surface area contributed by atoms with Gasteiger partial charge in [-0.3, -0.25) is 4.79 Å². The number of fused-ring (bicyclic) bond motifs is 1. The molecule has 3 rings (SSSR count). The molecule has 0 spiro atoms. The summed E-state index contributed by atoms with van der Waals surface area (Å²) in [6, 6.07) is 0. The lowest BCUT2D eigenvalue weighted by atomic mass is 10.00. The zero-order chi connectivity index (χ0) is 11.8. The molecule has 1 fully saturated rings. The van der Waals surface area contributed by atoms with Gasteiger partial charge in [0.05, 0.1) is 11.3 Å². The Kier molecular flexibility index (Phi) is 2.57. The number of piperidine rings is 1. The minimum Gasteiger partial charge on any atom is -0.341 e. The number of carbonyl (C=O) groups excluding carboxylic acids is 1. The van der Waals surface area contributed by atoms with E-state index in [0.717, 1.165) is 42.6 Å². The van der Waals surface area contributed by atoms with Gasteiger partial charge in [-0.1, -0.05) is 6.92 Å². The van der Waals surface area contributed by atoms with Crippen molar-refractivity contribution in [3.05, 3.63) is 17.5 Å². The summed E-state index contributed by atoms with van der Waals surface area (Å²) in [5, 5.41) is 0. The Labute approximate surface area is 101 Å². The molecule has 0 N–H and O–H groups in total. The fourth-order valence-electron chi connectivity index (χ4n) is 2.56. The highest BCUT2D eigenvalue weighted by atomic mass is 16.1. The molecule has 0 radical (unpaired) electrons. The number of rotatable bonds is 1. The van der Waals surface area contributed by atoms with Gasteiger partial charge in [-0.2, -0.15) is 0 Å². The summed E-state index contributed by atoms with van der Waals surface area (Å²) in [5.74, 6) is 1.81. The van der Waals surface area contributed by atoms with Crippen molar-refractivity contribution in [3.8, 4) is 0 Å². The third kappa shape index (κ3) is 1.92. The molecule has 1 aliphatic heterocycles. The zero-order valence-corrected chi connectivity index (χ0v) is 10.1. The first kappa shape index (κ1) is 10.7. The highest BCUT2D eigenvalue weighted by molar-refractivity contribution is 5.99. The molecule has 1 saturated heterocycles. The molecule has 0 saturated carbocycles. The van der Waals surface area contributed by atoms with Crippen molar-refractivity contribution in [1.82, 2.24) is 9.97 Å². The average molecular weight is 231 g/mol. The molecule has 4 nitrogen and oxygen atoms in total. The molecule has 0 amide bonds. The van der Waals surface area contributed by atoms with Crippen molar-refractivity contribution in [1.29, 1.82) is 0 Å². The van der Waals surface area contributed by atoms with Crippen LogP contribution in [-0.2, 0) is 6.42 Å². The van der Waals surface area contributed by atoms with Crippen LogP contribution in [0.2, 0.25) is 0 Å². The number of anilines is 1. The van der Waals surface area contributed by atoms with Crippen LogP contribution >= 0.6 is 0 Å². The van der Waals surface area contributed by atoms with Gasteiger partial charge in [-0.15, -0.1) is 0 Å². The van der Waals surface area contributed by atoms with Crippen LogP contribution in [0.4, 0.5) is 5.95 Å². The topological polar surface area (TPSA) is 46.1 Å². The fraction of sp³-hybridized carbons (Fsp3) is 0.615.